The molecule has 0 aromatic heterocycles. The zero-order chi connectivity index (χ0) is 25.2. The SMILES string of the molecule is CCCCCN(Cc1ccccc1)[C@@H]1CC[C@@]2(O)[C@H]3Cc4ccc(O)c5c4[C@@]2(CCN3CC2CC2)[C@H]1O5. The maximum atomic E-state index is 12.8. The summed E-state index contributed by atoms with van der Waals surface area (Å²) in [6.45, 7) is 6.33. The molecule has 2 aromatic carbocycles. The molecule has 198 valence electrons. The van der Waals surface area contributed by atoms with Crippen molar-refractivity contribution in [3.63, 3.8) is 0 Å². The molecule has 5 heteroatoms. The van der Waals surface area contributed by atoms with E-state index in [0.29, 0.717) is 5.75 Å². The highest BCUT2D eigenvalue weighted by atomic mass is 16.5. The van der Waals surface area contributed by atoms with Crippen LogP contribution in [0.3, 0.4) is 0 Å². The van der Waals surface area contributed by atoms with Crippen molar-refractivity contribution in [1.29, 1.82) is 0 Å². The summed E-state index contributed by atoms with van der Waals surface area (Å²) < 4.78 is 6.87. The molecule has 1 saturated heterocycles. The maximum Gasteiger partial charge on any atom is 0.165 e. The topological polar surface area (TPSA) is 56.2 Å². The van der Waals surface area contributed by atoms with Crippen LogP contribution >= 0.6 is 0 Å². The predicted molar refractivity (Wildman–Crippen MR) is 145 cm³/mol. The molecule has 0 amide bonds. The Morgan fingerprint density at radius 1 is 1.05 bits per heavy atom. The van der Waals surface area contributed by atoms with E-state index < -0.39 is 11.0 Å². The summed E-state index contributed by atoms with van der Waals surface area (Å²) >= 11 is 0. The number of phenols is 1. The van der Waals surface area contributed by atoms with Crippen molar-refractivity contribution in [2.24, 2.45) is 5.92 Å². The summed E-state index contributed by atoms with van der Waals surface area (Å²) in [5.74, 6) is 1.71. The number of hydrogen-bond donors (Lipinski definition) is 2. The van der Waals surface area contributed by atoms with Crippen LogP contribution in [0.1, 0.15) is 75.0 Å². The zero-order valence-electron chi connectivity index (χ0n) is 22.2. The Balaban J connectivity index is 1.29. The van der Waals surface area contributed by atoms with Gasteiger partial charge in [-0.3, -0.25) is 9.80 Å². The fraction of sp³-hybridized carbons (Fsp3) is 0.625. The van der Waals surface area contributed by atoms with E-state index >= 15 is 0 Å². The number of rotatable bonds is 9. The van der Waals surface area contributed by atoms with Crippen molar-refractivity contribution >= 4 is 0 Å². The lowest BCUT2D eigenvalue weighted by Gasteiger charge is -2.65. The fourth-order valence-corrected chi connectivity index (χ4v) is 8.57. The first-order valence-corrected chi connectivity index (χ1v) is 14.8. The molecule has 2 saturated carbocycles. The van der Waals surface area contributed by atoms with Crippen LogP contribution in [-0.4, -0.2) is 63.4 Å². The van der Waals surface area contributed by atoms with Crippen LogP contribution in [0.5, 0.6) is 11.5 Å². The van der Waals surface area contributed by atoms with Gasteiger partial charge in [-0.15, -0.1) is 0 Å². The molecule has 1 spiro atoms. The summed E-state index contributed by atoms with van der Waals surface area (Å²) in [5.41, 5.74) is 2.50. The third-order valence-corrected chi connectivity index (χ3v) is 10.5. The van der Waals surface area contributed by atoms with Crippen LogP contribution in [0.4, 0.5) is 0 Å². The van der Waals surface area contributed by atoms with Gasteiger partial charge in [-0.05, 0) is 81.1 Å². The third-order valence-electron chi connectivity index (χ3n) is 10.5. The van der Waals surface area contributed by atoms with Gasteiger partial charge >= 0.3 is 0 Å². The first-order valence-electron chi connectivity index (χ1n) is 14.8. The number of aromatic hydroxyl groups is 1. The zero-order valence-corrected chi connectivity index (χ0v) is 22.2. The van der Waals surface area contributed by atoms with E-state index in [1.165, 1.54) is 43.2 Å². The smallest absolute Gasteiger partial charge is 0.165 e. The molecule has 3 aliphatic carbocycles. The molecular weight excluding hydrogens is 460 g/mol. The molecular formula is C32H42N2O3. The lowest BCUT2D eigenvalue weighted by Crippen LogP contribution is -2.78. The number of unbranched alkanes of at least 4 members (excludes halogenated alkanes) is 2. The van der Waals surface area contributed by atoms with Crippen LogP contribution in [-0.2, 0) is 18.4 Å². The second-order valence-corrected chi connectivity index (χ2v) is 12.6. The van der Waals surface area contributed by atoms with Crippen LogP contribution in [0.25, 0.3) is 0 Å². The van der Waals surface area contributed by atoms with Crippen molar-refractivity contribution in [3.8, 4) is 11.5 Å². The van der Waals surface area contributed by atoms with Crippen molar-refractivity contribution in [3.05, 3.63) is 59.2 Å². The lowest BCUT2D eigenvalue weighted by atomic mass is 9.48. The number of piperidine rings is 1. The van der Waals surface area contributed by atoms with E-state index in [-0.39, 0.29) is 23.9 Å². The van der Waals surface area contributed by atoms with Gasteiger partial charge in [0.1, 0.15) is 6.10 Å². The van der Waals surface area contributed by atoms with Gasteiger partial charge in [0.15, 0.2) is 11.5 Å². The van der Waals surface area contributed by atoms with E-state index in [9.17, 15) is 10.2 Å². The van der Waals surface area contributed by atoms with Gasteiger partial charge in [-0.2, -0.15) is 0 Å². The number of likely N-dealkylation sites (tertiary alicyclic amines) is 1. The molecule has 5 atom stereocenters. The number of aliphatic hydroxyl groups is 1. The monoisotopic (exact) mass is 502 g/mol. The molecule has 7 rings (SSSR count). The van der Waals surface area contributed by atoms with Crippen LogP contribution in [0.2, 0.25) is 0 Å². The van der Waals surface area contributed by atoms with Gasteiger partial charge in [-0.25, -0.2) is 0 Å². The molecule has 2 aromatic rings. The van der Waals surface area contributed by atoms with Gasteiger partial charge in [0, 0.05) is 30.7 Å². The number of phenolic OH excluding ortho intramolecular Hbond substituents is 1. The molecule has 2 N–H and O–H groups in total. The van der Waals surface area contributed by atoms with Gasteiger partial charge in [0.05, 0.1) is 11.0 Å². The minimum absolute atomic E-state index is 0.135. The first-order chi connectivity index (χ1) is 18.0. The van der Waals surface area contributed by atoms with Crippen molar-refractivity contribution in [2.45, 2.75) is 100 Å². The Morgan fingerprint density at radius 2 is 1.89 bits per heavy atom. The minimum atomic E-state index is -0.810. The number of nitrogens with zero attached hydrogens (tertiary/aromatic N) is 2. The second-order valence-electron chi connectivity index (χ2n) is 12.6. The molecule has 2 heterocycles. The number of hydrogen-bond acceptors (Lipinski definition) is 5. The Morgan fingerprint density at radius 3 is 2.68 bits per heavy atom. The Hall–Kier alpha value is -2.08. The highest BCUT2D eigenvalue weighted by molar-refractivity contribution is 5.62. The van der Waals surface area contributed by atoms with Gasteiger partial charge < -0.3 is 14.9 Å². The third kappa shape index (κ3) is 3.60. The molecule has 5 aliphatic rings. The van der Waals surface area contributed by atoms with E-state index in [0.717, 1.165) is 63.3 Å². The summed E-state index contributed by atoms with van der Waals surface area (Å²) in [5, 5.41) is 23.8. The van der Waals surface area contributed by atoms with Gasteiger partial charge in [-0.1, -0.05) is 56.2 Å². The Kier molecular flexibility index (Phi) is 5.83. The van der Waals surface area contributed by atoms with E-state index in [1.807, 2.05) is 6.07 Å². The average molecular weight is 503 g/mol. The minimum Gasteiger partial charge on any atom is -0.504 e. The average Bonchev–Trinajstić information content (AvgIpc) is 3.64. The summed E-state index contributed by atoms with van der Waals surface area (Å²) in [6, 6.07) is 15.1. The van der Waals surface area contributed by atoms with Gasteiger partial charge in [0.2, 0.25) is 0 Å². The fourth-order valence-electron chi connectivity index (χ4n) is 8.57. The molecule has 37 heavy (non-hydrogen) atoms. The molecule has 0 unspecified atom stereocenters. The number of ether oxygens (including phenoxy) is 1. The molecule has 3 fully saturated rings. The maximum absolute atomic E-state index is 12.8. The second kappa shape index (κ2) is 9.00. The summed E-state index contributed by atoms with van der Waals surface area (Å²) in [7, 11) is 0. The molecule has 0 radical (unpaired) electrons. The van der Waals surface area contributed by atoms with Crippen molar-refractivity contribution in [1.82, 2.24) is 9.80 Å². The van der Waals surface area contributed by atoms with Crippen LogP contribution < -0.4 is 4.74 Å². The lowest BCUT2D eigenvalue weighted by molar-refractivity contribution is -0.201. The highest BCUT2D eigenvalue weighted by Crippen LogP contribution is 2.66. The highest BCUT2D eigenvalue weighted by Gasteiger charge is 2.73. The molecule has 2 bridgehead atoms. The molecule has 5 nitrogen and oxygen atoms in total. The van der Waals surface area contributed by atoms with Crippen LogP contribution in [0.15, 0.2) is 42.5 Å². The molecule has 2 aliphatic heterocycles. The largest absolute Gasteiger partial charge is 0.504 e. The normalized spacial score (nSPS) is 33.9. The predicted octanol–water partition coefficient (Wildman–Crippen LogP) is 5.02. The standard InChI is InChI=1S/C32H42N2O3/c1-2-3-7-17-33(20-22-8-5-4-6-9-22)25-14-15-32(36)27-19-24-12-13-26(35)29-28(24)31(32,30(25)37-29)16-18-34(27)21-23-10-11-23/h4-6,8-9,12-13,23,25,27,30,35-36H,2-3,7,10-11,14-21H2,1H3/t25-,27-,30+,31+,32-/m1/s1. The van der Waals surface area contributed by atoms with Gasteiger partial charge in [0.25, 0.3) is 0 Å². The quantitative estimate of drug-likeness (QED) is 0.472. The van der Waals surface area contributed by atoms with E-state index in [1.54, 1.807) is 0 Å². The Bertz CT molecular complexity index is 1150. The van der Waals surface area contributed by atoms with E-state index in [2.05, 4.69) is 53.1 Å². The van der Waals surface area contributed by atoms with Crippen molar-refractivity contribution < 1.29 is 14.9 Å². The first kappa shape index (κ1) is 24.0. The van der Waals surface area contributed by atoms with Crippen LogP contribution in [0, 0.1) is 5.92 Å². The Labute approximate surface area is 221 Å². The number of benzene rings is 2. The van der Waals surface area contributed by atoms with E-state index in [4.69, 9.17) is 4.74 Å². The summed E-state index contributed by atoms with van der Waals surface area (Å²) in [6.07, 6.45) is 9.63. The summed E-state index contributed by atoms with van der Waals surface area (Å²) in [4.78, 5) is 5.27. The van der Waals surface area contributed by atoms with Crippen molar-refractivity contribution in [2.75, 3.05) is 19.6 Å².